The molecule has 0 aliphatic carbocycles. The van der Waals surface area contributed by atoms with E-state index in [0.717, 1.165) is 0 Å². The van der Waals surface area contributed by atoms with Gasteiger partial charge in [-0.15, -0.1) is 0 Å². The molecule has 1 N–H and O–H groups in total. The van der Waals surface area contributed by atoms with Crippen molar-refractivity contribution >= 4 is 52.5 Å². The van der Waals surface area contributed by atoms with Gasteiger partial charge in [0.1, 0.15) is 12.4 Å². The zero-order valence-electron chi connectivity index (χ0n) is 13.2. The van der Waals surface area contributed by atoms with Gasteiger partial charge in [0.25, 0.3) is 0 Å². The molecule has 128 valence electrons. The van der Waals surface area contributed by atoms with E-state index in [-0.39, 0.29) is 29.3 Å². The van der Waals surface area contributed by atoms with Crippen molar-refractivity contribution in [1.29, 1.82) is 0 Å². The predicted octanol–water partition coefficient (Wildman–Crippen LogP) is 4.29. The topological polar surface area (TPSA) is 81.2 Å². The highest BCUT2D eigenvalue weighted by molar-refractivity contribution is 6.67. The summed E-state index contributed by atoms with van der Waals surface area (Å²) in [5, 5.41) is 2.41. The second-order valence-electron chi connectivity index (χ2n) is 5.81. The molecule has 0 saturated carbocycles. The van der Waals surface area contributed by atoms with E-state index in [9.17, 15) is 9.59 Å². The maximum atomic E-state index is 11.9. The van der Waals surface area contributed by atoms with Gasteiger partial charge >= 0.3 is 6.09 Å². The lowest BCUT2D eigenvalue weighted by atomic mass is 9.92. The number of nitrogens with zero attached hydrogens (tertiary/aromatic N) is 2. The molecule has 1 aromatic heterocycles. The summed E-state index contributed by atoms with van der Waals surface area (Å²) in [4.78, 5) is 31.9. The summed E-state index contributed by atoms with van der Waals surface area (Å²) in [7, 11) is 0. The van der Waals surface area contributed by atoms with Gasteiger partial charge in [0.05, 0.1) is 5.69 Å². The minimum absolute atomic E-state index is 0.0385. The normalized spacial score (nSPS) is 12.0. The van der Waals surface area contributed by atoms with E-state index >= 15 is 0 Å². The van der Waals surface area contributed by atoms with Crippen molar-refractivity contribution < 1.29 is 14.3 Å². The van der Waals surface area contributed by atoms with Crippen LogP contribution in [0.2, 0.25) is 0 Å². The van der Waals surface area contributed by atoms with Crippen molar-refractivity contribution in [2.75, 3.05) is 11.9 Å². The number of hydrogen-bond acceptors (Lipinski definition) is 5. The molecule has 0 radical (unpaired) electrons. The molecule has 0 spiro atoms. The molecule has 1 aromatic rings. The largest absolute Gasteiger partial charge is 0.445 e. The number of amides is 1. The van der Waals surface area contributed by atoms with Gasteiger partial charge in [-0.05, 0) is 0 Å². The lowest BCUT2D eigenvalue weighted by Gasteiger charge is -2.19. The molecule has 0 aromatic carbocycles. The van der Waals surface area contributed by atoms with Crippen molar-refractivity contribution in [2.45, 2.75) is 43.3 Å². The number of Topliss-reactive ketones (excluding diaryl/α,β-unsaturated/α-hetero) is 1. The maximum absolute atomic E-state index is 11.9. The fourth-order valence-electron chi connectivity index (χ4n) is 1.47. The zero-order chi connectivity index (χ0) is 17.8. The number of carbonyl (C=O) groups excluding carboxylic acids is 2. The molecule has 0 bridgehead atoms. The van der Waals surface area contributed by atoms with Gasteiger partial charge in [0.2, 0.25) is 3.79 Å². The third kappa shape index (κ3) is 6.89. The lowest BCUT2D eigenvalue weighted by Crippen LogP contribution is -2.23. The minimum Gasteiger partial charge on any atom is -0.445 e. The predicted molar refractivity (Wildman–Crippen MR) is 90.6 cm³/mol. The summed E-state index contributed by atoms with van der Waals surface area (Å²) < 4.78 is 3.07. The summed E-state index contributed by atoms with van der Waals surface area (Å²) in [6.45, 7) is 7.08. The van der Waals surface area contributed by atoms with Gasteiger partial charge in [-0.3, -0.25) is 10.1 Å². The molecule has 0 unspecified atom stereocenters. The van der Waals surface area contributed by atoms with Crippen LogP contribution in [0.3, 0.4) is 0 Å². The maximum Gasteiger partial charge on any atom is 0.412 e. The molecule has 1 heterocycles. The van der Waals surface area contributed by atoms with Gasteiger partial charge in [-0.25, -0.2) is 14.8 Å². The first kappa shape index (κ1) is 19.9. The Bertz CT molecular complexity index is 595. The summed E-state index contributed by atoms with van der Waals surface area (Å²) in [5.41, 5.74) is 0.282. The summed E-state index contributed by atoms with van der Waals surface area (Å²) in [6, 6.07) is 1.57. The molecule has 9 heteroatoms. The van der Waals surface area contributed by atoms with Gasteiger partial charge < -0.3 is 4.74 Å². The third-order valence-corrected chi connectivity index (χ3v) is 2.99. The number of aromatic nitrogens is 2. The molecule has 23 heavy (non-hydrogen) atoms. The monoisotopic (exact) mass is 381 g/mol. The standard InChI is InChI=1S/C14H18Cl3N3O3/c1-5-8(21)11-18-9(13(2,3)4)6-10(19-11)20-12(22)23-7-14(15,16)17/h6H,5,7H2,1-4H3,(H,18,19,20,22). The van der Waals surface area contributed by atoms with Crippen LogP contribution >= 0.6 is 34.8 Å². The van der Waals surface area contributed by atoms with E-state index in [2.05, 4.69) is 15.3 Å². The number of hydrogen-bond donors (Lipinski definition) is 1. The Labute approximate surface area is 149 Å². The van der Waals surface area contributed by atoms with Crippen molar-refractivity contribution in [3.8, 4) is 0 Å². The van der Waals surface area contributed by atoms with Gasteiger partial charge in [0, 0.05) is 17.9 Å². The SMILES string of the molecule is CCC(=O)c1nc(NC(=O)OCC(Cl)(Cl)Cl)cc(C(C)(C)C)n1. The molecule has 6 nitrogen and oxygen atoms in total. The smallest absolute Gasteiger partial charge is 0.412 e. The Balaban J connectivity index is 3.01. The first-order chi connectivity index (χ1) is 10.4. The Morgan fingerprint density at radius 1 is 1.22 bits per heavy atom. The molecular formula is C14H18Cl3N3O3. The van der Waals surface area contributed by atoms with Gasteiger partial charge in [-0.1, -0.05) is 62.5 Å². The van der Waals surface area contributed by atoms with Crippen LogP contribution in [-0.4, -0.2) is 32.2 Å². The van der Waals surface area contributed by atoms with Crippen molar-refractivity contribution in [1.82, 2.24) is 9.97 Å². The van der Waals surface area contributed by atoms with E-state index in [0.29, 0.717) is 5.69 Å². The Morgan fingerprint density at radius 3 is 2.30 bits per heavy atom. The first-order valence-electron chi connectivity index (χ1n) is 6.85. The summed E-state index contributed by atoms with van der Waals surface area (Å²) in [5.74, 6) is -0.0403. The average molecular weight is 383 g/mol. The number of alkyl halides is 3. The number of carbonyl (C=O) groups is 2. The molecule has 0 saturated heterocycles. The Kier molecular flexibility index (Phi) is 6.62. The number of ketones is 1. The number of rotatable bonds is 4. The molecule has 0 aliphatic heterocycles. The van der Waals surface area contributed by atoms with Crippen LogP contribution in [0.15, 0.2) is 6.07 Å². The van der Waals surface area contributed by atoms with Crippen LogP contribution in [0.25, 0.3) is 0 Å². The number of nitrogens with one attached hydrogen (secondary N) is 1. The highest BCUT2D eigenvalue weighted by Crippen LogP contribution is 2.26. The molecule has 1 rings (SSSR count). The van der Waals surface area contributed by atoms with Crippen LogP contribution < -0.4 is 5.32 Å². The van der Waals surface area contributed by atoms with Crippen molar-refractivity contribution in [3.05, 3.63) is 17.6 Å². The average Bonchev–Trinajstić information content (AvgIpc) is 2.42. The quantitative estimate of drug-likeness (QED) is 0.620. The van der Waals surface area contributed by atoms with Crippen molar-refractivity contribution in [3.63, 3.8) is 0 Å². The molecular weight excluding hydrogens is 365 g/mol. The number of halogens is 3. The molecule has 0 fully saturated rings. The fraction of sp³-hybridized carbons (Fsp3) is 0.571. The molecule has 0 atom stereocenters. The van der Waals surface area contributed by atoms with Gasteiger partial charge in [-0.2, -0.15) is 0 Å². The Hall–Kier alpha value is -1.11. The summed E-state index contributed by atoms with van der Waals surface area (Å²) in [6.07, 6.45) is -0.588. The fourth-order valence-corrected chi connectivity index (χ4v) is 1.63. The van der Waals surface area contributed by atoms with E-state index in [1.165, 1.54) is 0 Å². The van der Waals surface area contributed by atoms with Crippen molar-refractivity contribution in [2.24, 2.45) is 0 Å². The number of anilines is 1. The molecule has 1 amide bonds. The molecule has 0 aliphatic rings. The third-order valence-electron chi connectivity index (χ3n) is 2.66. The summed E-state index contributed by atoms with van der Waals surface area (Å²) >= 11 is 16.5. The van der Waals surface area contributed by atoms with Crippen LogP contribution in [0.1, 0.15) is 50.4 Å². The van der Waals surface area contributed by atoms with Gasteiger partial charge in [0.15, 0.2) is 11.6 Å². The van der Waals surface area contributed by atoms with E-state index in [1.54, 1.807) is 13.0 Å². The van der Waals surface area contributed by atoms with Crippen LogP contribution in [-0.2, 0) is 10.2 Å². The Morgan fingerprint density at radius 2 is 1.83 bits per heavy atom. The highest BCUT2D eigenvalue weighted by Gasteiger charge is 2.24. The first-order valence-corrected chi connectivity index (χ1v) is 7.99. The number of ether oxygens (including phenoxy) is 1. The van der Waals surface area contributed by atoms with E-state index < -0.39 is 16.5 Å². The van der Waals surface area contributed by atoms with Crippen LogP contribution in [0, 0.1) is 0 Å². The lowest BCUT2D eigenvalue weighted by molar-refractivity contribution is 0.0977. The minimum atomic E-state index is -1.71. The van der Waals surface area contributed by atoms with Crippen LogP contribution in [0.5, 0.6) is 0 Å². The van der Waals surface area contributed by atoms with Crippen LogP contribution in [0.4, 0.5) is 10.6 Å². The van der Waals surface area contributed by atoms with E-state index in [4.69, 9.17) is 39.5 Å². The second-order valence-corrected chi connectivity index (χ2v) is 8.32. The second kappa shape index (κ2) is 7.64. The van der Waals surface area contributed by atoms with E-state index in [1.807, 2.05) is 20.8 Å². The highest BCUT2D eigenvalue weighted by atomic mass is 35.6. The zero-order valence-corrected chi connectivity index (χ0v) is 15.5.